The molecule has 0 amide bonds. The molecule has 0 aliphatic rings. The van der Waals surface area contributed by atoms with Crippen molar-refractivity contribution in [2.75, 3.05) is 6.61 Å². The van der Waals surface area contributed by atoms with E-state index in [-0.39, 0.29) is 6.42 Å². The molecule has 0 aliphatic carbocycles. The Bertz CT molecular complexity index is 686. The van der Waals surface area contributed by atoms with Gasteiger partial charge in [0, 0.05) is 6.42 Å². The number of ether oxygens (including phenoxy) is 2. The topological polar surface area (TPSA) is 61.5 Å². The number of halogens is 3. The molecule has 0 radical (unpaired) electrons. The third-order valence-corrected chi connectivity index (χ3v) is 5.06. The maximum absolute atomic E-state index is 13.2. The van der Waals surface area contributed by atoms with Gasteiger partial charge in [0.15, 0.2) is 0 Å². The first-order valence-corrected chi connectivity index (χ1v) is 11.7. The van der Waals surface area contributed by atoms with Crippen LogP contribution in [0, 0.1) is 0 Å². The predicted octanol–water partition coefficient (Wildman–Crippen LogP) is 6.74. The van der Waals surface area contributed by atoms with E-state index in [4.69, 9.17) is 15.2 Å². The molecule has 1 rings (SSSR count). The number of alkyl halides is 3. The summed E-state index contributed by atoms with van der Waals surface area (Å²) in [6.45, 7) is 7.45. The fraction of sp³-hybridized carbons (Fsp3) is 0.720. The number of unbranched alkanes of at least 4 members (excludes halogenated alkanes) is 7. The number of carbonyl (C=O) groups excluding carboxylic acids is 1. The van der Waals surface area contributed by atoms with Crippen LogP contribution in [0.3, 0.4) is 0 Å². The summed E-state index contributed by atoms with van der Waals surface area (Å²) in [7, 11) is 0. The van der Waals surface area contributed by atoms with E-state index in [2.05, 4.69) is 6.92 Å². The average molecular weight is 460 g/mol. The van der Waals surface area contributed by atoms with Crippen molar-refractivity contribution in [3.63, 3.8) is 0 Å². The lowest BCUT2D eigenvalue weighted by Gasteiger charge is -2.32. The van der Waals surface area contributed by atoms with Crippen LogP contribution in [0.15, 0.2) is 24.3 Å². The third kappa shape index (κ3) is 11.7. The number of para-hydroxylation sites is 1. The molecular formula is C25H40F3NO3. The number of carbonyl (C=O) groups is 1. The van der Waals surface area contributed by atoms with E-state index in [0.717, 1.165) is 19.3 Å². The summed E-state index contributed by atoms with van der Waals surface area (Å²) in [6.07, 6.45) is 2.89. The van der Waals surface area contributed by atoms with E-state index in [1.807, 2.05) is 0 Å². The molecule has 4 nitrogen and oxygen atoms in total. The quantitative estimate of drug-likeness (QED) is 0.247. The smallest absolute Gasteiger partial charge is 0.391 e. The molecule has 0 aromatic heterocycles. The Labute approximate surface area is 191 Å². The summed E-state index contributed by atoms with van der Waals surface area (Å²) in [5.41, 5.74) is 3.32. The molecule has 184 valence electrons. The zero-order chi connectivity index (χ0) is 24.3. The summed E-state index contributed by atoms with van der Waals surface area (Å²) < 4.78 is 50.8. The zero-order valence-electron chi connectivity index (χ0n) is 20.0. The Morgan fingerprint density at radius 2 is 1.50 bits per heavy atom. The lowest BCUT2D eigenvalue weighted by Crippen LogP contribution is -2.55. The minimum atomic E-state index is -4.61. The summed E-state index contributed by atoms with van der Waals surface area (Å²) in [5.74, 6) is -0.615. The molecule has 0 unspecified atom stereocenters. The van der Waals surface area contributed by atoms with Crippen molar-refractivity contribution in [3.05, 3.63) is 29.8 Å². The van der Waals surface area contributed by atoms with Crippen molar-refractivity contribution in [2.24, 2.45) is 5.73 Å². The zero-order valence-corrected chi connectivity index (χ0v) is 20.0. The van der Waals surface area contributed by atoms with Crippen molar-refractivity contribution < 1.29 is 27.4 Å². The summed E-state index contributed by atoms with van der Waals surface area (Å²) >= 11 is 0. The van der Waals surface area contributed by atoms with Gasteiger partial charge < -0.3 is 15.2 Å². The van der Waals surface area contributed by atoms with Crippen LogP contribution >= 0.6 is 0 Å². The minimum absolute atomic E-state index is 0.324. The molecule has 1 aromatic rings. The first-order chi connectivity index (χ1) is 14.9. The van der Waals surface area contributed by atoms with Gasteiger partial charge in [-0.25, -0.2) is 0 Å². The lowest BCUT2D eigenvalue weighted by atomic mass is 9.87. The highest BCUT2D eigenvalue weighted by Gasteiger charge is 2.47. The number of hydrogen-bond acceptors (Lipinski definition) is 4. The highest BCUT2D eigenvalue weighted by atomic mass is 19.4. The predicted molar refractivity (Wildman–Crippen MR) is 122 cm³/mol. The van der Waals surface area contributed by atoms with Crippen molar-refractivity contribution in [2.45, 2.75) is 109 Å². The van der Waals surface area contributed by atoms with E-state index in [1.54, 1.807) is 45.0 Å². The molecular weight excluding hydrogens is 419 g/mol. The maximum Gasteiger partial charge on any atom is 0.391 e. The van der Waals surface area contributed by atoms with Crippen molar-refractivity contribution in [1.29, 1.82) is 0 Å². The number of esters is 1. The van der Waals surface area contributed by atoms with E-state index >= 15 is 0 Å². The number of benzene rings is 1. The maximum atomic E-state index is 13.2. The van der Waals surface area contributed by atoms with Gasteiger partial charge in [-0.3, -0.25) is 4.79 Å². The fourth-order valence-corrected chi connectivity index (χ4v) is 3.49. The molecule has 0 spiro atoms. The van der Waals surface area contributed by atoms with Crippen molar-refractivity contribution in [1.82, 2.24) is 0 Å². The average Bonchev–Trinajstić information content (AvgIpc) is 2.65. The van der Waals surface area contributed by atoms with Gasteiger partial charge in [-0.2, -0.15) is 13.2 Å². The Morgan fingerprint density at radius 1 is 0.938 bits per heavy atom. The van der Waals surface area contributed by atoms with Crippen LogP contribution in [-0.2, 0) is 16.0 Å². The highest BCUT2D eigenvalue weighted by molar-refractivity contribution is 5.81. The van der Waals surface area contributed by atoms with E-state index in [9.17, 15) is 18.0 Å². The minimum Gasteiger partial charge on any atom is -0.493 e. The van der Waals surface area contributed by atoms with Gasteiger partial charge in [0.25, 0.3) is 0 Å². The molecule has 0 saturated heterocycles. The number of rotatable bonds is 14. The van der Waals surface area contributed by atoms with E-state index < -0.39 is 29.7 Å². The molecule has 32 heavy (non-hydrogen) atoms. The van der Waals surface area contributed by atoms with Gasteiger partial charge in [0.1, 0.15) is 16.9 Å². The standard InChI is InChI=1S/C25H40F3NO3/c1-5-6-7-8-9-10-11-14-17-31-21-16-13-12-15-20(21)18-24(29,19-25(26,27)28)22(30)32-23(2,3)4/h12-13,15-16H,5-11,14,17-19,29H2,1-4H3/t24-/m0/s1. The lowest BCUT2D eigenvalue weighted by molar-refractivity contribution is -0.179. The normalized spacial score (nSPS) is 14.1. The molecule has 0 saturated carbocycles. The molecule has 0 aliphatic heterocycles. The van der Waals surface area contributed by atoms with Gasteiger partial charge >= 0.3 is 12.1 Å². The van der Waals surface area contributed by atoms with Crippen LogP contribution in [-0.4, -0.2) is 29.9 Å². The Balaban J connectivity index is 2.74. The van der Waals surface area contributed by atoms with Crippen LogP contribution in [0.1, 0.15) is 91.0 Å². The Morgan fingerprint density at radius 3 is 2.06 bits per heavy atom. The third-order valence-electron chi connectivity index (χ3n) is 5.06. The molecule has 0 heterocycles. The van der Waals surface area contributed by atoms with Crippen LogP contribution in [0.2, 0.25) is 0 Å². The monoisotopic (exact) mass is 459 g/mol. The fourth-order valence-electron chi connectivity index (χ4n) is 3.49. The van der Waals surface area contributed by atoms with Gasteiger partial charge in [-0.1, -0.05) is 70.1 Å². The number of hydrogen-bond donors (Lipinski definition) is 1. The van der Waals surface area contributed by atoms with Gasteiger partial charge in [-0.15, -0.1) is 0 Å². The molecule has 0 bridgehead atoms. The second-order valence-corrected chi connectivity index (χ2v) is 9.56. The SMILES string of the molecule is CCCCCCCCCCOc1ccccc1C[C@](N)(CC(F)(F)F)C(=O)OC(C)(C)C. The summed E-state index contributed by atoms with van der Waals surface area (Å²) in [6, 6.07) is 6.79. The van der Waals surface area contributed by atoms with E-state index in [0.29, 0.717) is 17.9 Å². The summed E-state index contributed by atoms with van der Waals surface area (Å²) in [5, 5.41) is 0. The van der Waals surface area contributed by atoms with Gasteiger partial charge in [-0.05, 0) is 38.8 Å². The van der Waals surface area contributed by atoms with Crippen molar-refractivity contribution >= 4 is 5.97 Å². The van der Waals surface area contributed by atoms with Gasteiger partial charge in [0.05, 0.1) is 13.0 Å². The Kier molecular flexibility index (Phi) is 11.5. The molecule has 1 aromatic carbocycles. The highest BCUT2D eigenvalue weighted by Crippen LogP contribution is 2.33. The Hall–Kier alpha value is -1.76. The molecule has 1 atom stereocenters. The van der Waals surface area contributed by atoms with Crippen LogP contribution < -0.4 is 10.5 Å². The number of nitrogens with two attached hydrogens (primary N) is 1. The molecule has 7 heteroatoms. The second-order valence-electron chi connectivity index (χ2n) is 9.56. The van der Waals surface area contributed by atoms with E-state index in [1.165, 1.54) is 32.1 Å². The first kappa shape index (κ1) is 28.3. The van der Waals surface area contributed by atoms with Crippen LogP contribution in [0.4, 0.5) is 13.2 Å². The second kappa shape index (κ2) is 13.1. The van der Waals surface area contributed by atoms with Crippen LogP contribution in [0.25, 0.3) is 0 Å². The molecule has 0 fully saturated rings. The first-order valence-electron chi connectivity index (χ1n) is 11.7. The van der Waals surface area contributed by atoms with Crippen molar-refractivity contribution in [3.8, 4) is 5.75 Å². The largest absolute Gasteiger partial charge is 0.493 e. The van der Waals surface area contributed by atoms with Gasteiger partial charge in [0.2, 0.25) is 0 Å². The molecule has 2 N–H and O–H groups in total. The van der Waals surface area contributed by atoms with Crippen LogP contribution in [0.5, 0.6) is 5.75 Å². The summed E-state index contributed by atoms with van der Waals surface area (Å²) in [4.78, 5) is 12.6.